The fourth-order valence-corrected chi connectivity index (χ4v) is 3.44. The van der Waals surface area contributed by atoms with Crippen LogP contribution in [0.5, 0.6) is 0 Å². The second-order valence-electron chi connectivity index (χ2n) is 5.73. The van der Waals surface area contributed by atoms with Crippen LogP contribution in [0.4, 0.5) is 0 Å². The molecule has 0 amide bonds. The second kappa shape index (κ2) is 5.89. The summed E-state index contributed by atoms with van der Waals surface area (Å²) in [4.78, 5) is 0. The molecular formula is C14H27N. The van der Waals surface area contributed by atoms with Crippen molar-refractivity contribution in [3.63, 3.8) is 0 Å². The first-order valence-electron chi connectivity index (χ1n) is 7.09. The summed E-state index contributed by atoms with van der Waals surface area (Å²) in [7, 11) is 0. The van der Waals surface area contributed by atoms with E-state index in [4.69, 9.17) is 0 Å². The van der Waals surface area contributed by atoms with Gasteiger partial charge < -0.3 is 5.32 Å². The molecule has 1 unspecified atom stereocenters. The van der Waals surface area contributed by atoms with Gasteiger partial charge in [0.05, 0.1) is 0 Å². The molecule has 0 saturated heterocycles. The van der Waals surface area contributed by atoms with Crippen LogP contribution < -0.4 is 5.32 Å². The van der Waals surface area contributed by atoms with Crippen molar-refractivity contribution >= 4 is 0 Å². The molecule has 2 saturated carbocycles. The van der Waals surface area contributed by atoms with Gasteiger partial charge in [-0.25, -0.2) is 0 Å². The van der Waals surface area contributed by atoms with Crippen LogP contribution in [0, 0.1) is 11.8 Å². The zero-order valence-corrected chi connectivity index (χ0v) is 10.3. The molecule has 0 aromatic rings. The lowest BCUT2D eigenvalue weighted by Crippen LogP contribution is -2.33. The van der Waals surface area contributed by atoms with Crippen LogP contribution in [0.2, 0.25) is 0 Å². The van der Waals surface area contributed by atoms with Crippen molar-refractivity contribution in [1.29, 1.82) is 0 Å². The van der Waals surface area contributed by atoms with Crippen LogP contribution in [0.1, 0.15) is 64.7 Å². The van der Waals surface area contributed by atoms with Crippen LogP contribution >= 0.6 is 0 Å². The molecule has 0 heterocycles. The van der Waals surface area contributed by atoms with Crippen molar-refractivity contribution in [3.05, 3.63) is 0 Å². The Morgan fingerprint density at radius 2 is 1.60 bits per heavy atom. The molecule has 2 fully saturated rings. The van der Waals surface area contributed by atoms with Gasteiger partial charge in [-0.05, 0) is 44.6 Å². The summed E-state index contributed by atoms with van der Waals surface area (Å²) in [6.07, 6.45) is 13.3. The van der Waals surface area contributed by atoms with Gasteiger partial charge in [0.2, 0.25) is 0 Å². The maximum atomic E-state index is 3.75. The summed E-state index contributed by atoms with van der Waals surface area (Å²) in [5, 5.41) is 3.75. The Balaban J connectivity index is 1.56. The van der Waals surface area contributed by atoms with E-state index in [9.17, 15) is 0 Å². The zero-order valence-electron chi connectivity index (χ0n) is 10.3. The Morgan fingerprint density at radius 3 is 2.27 bits per heavy atom. The van der Waals surface area contributed by atoms with Gasteiger partial charge >= 0.3 is 0 Å². The average molecular weight is 209 g/mol. The quantitative estimate of drug-likeness (QED) is 0.727. The fourth-order valence-electron chi connectivity index (χ4n) is 3.44. The summed E-state index contributed by atoms with van der Waals surface area (Å²) < 4.78 is 0. The lowest BCUT2D eigenvalue weighted by molar-refractivity contribution is 0.363. The summed E-state index contributed by atoms with van der Waals surface area (Å²) in [6.45, 7) is 3.66. The monoisotopic (exact) mass is 209 g/mol. The molecule has 2 aliphatic rings. The highest BCUT2D eigenvalue weighted by Crippen LogP contribution is 2.29. The highest BCUT2D eigenvalue weighted by atomic mass is 14.9. The van der Waals surface area contributed by atoms with E-state index in [1.165, 1.54) is 64.3 Å². The summed E-state index contributed by atoms with van der Waals surface area (Å²) in [6, 6.07) is 0.772. The minimum absolute atomic E-state index is 0.772. The third kappa shape index (κ3) is 3.48. The molecule has 1 N–H and O–H groups in total. The van der Waals surface area contributed by atoms with E-state index in [-0.39, 0.29) is 0 Å². The molecule has 0 bridgehead atoms. The van der Waals surface area contributed by atoms with Gasteiger partial charge in [-0.1, -0.05) is 38.5 Å². The molecular weight excluding hydrogens is 182 g/mol. The van der Waals surface area contributed by atoms with Gasteiger partial charge in [-0.15, -0.1) is 0 Å². The average Bonchev–Trinajstić information content (AvgIpc) is 2.90. The standard InChI is InChI=1S/C14H27N/c1-12(14-8-4-5-9-14)15-11-10-13-6-2-3-7-13/h12-15H,2-11H2,1H3. The second-order valence-corrected chi connectivity index (χ2v) is 5.73. The minimum Gasteiger partial charge on any atom is -0.314 e. The van der Waals surface area contributed by atoms with E-state index in [1.54, 1.807) is 0 Å². The van der Waals surface area contributed by atoms with Crippen LogP contribution in [0.3, 0.4) is 0 Å². The number of hydrogen-bond acceptors (Lipinski definition) is 1. The van der Waals surface area contributed by atoms with Crippen molar-refractivity contribution in [2.75, 3.05) is 6.54 Å². The molecule has 15 heavy (non-hydrogen) atoms. The summed E-state index contributed by atoms with van der Waals surface area (Å²) >= 11 is 0. The molecule has 2 aliphatic carbocycles. The maximum Gasteiger partial charge on any atom is 0.00669 e. The maximum absolute atomic E-state index is 3.75. The van der Waals surface area contributed by atoms with Gasteiger partial charge in [0, 0.05) is 6.04 Å². The largest absolute Gasteiger partial charge is 0.314 e. The van der Waals surface area contributed by atoms with Gasteiger partial charge in [0.1, 0.15) is 0 Å². The Labute approximate surface area is 95.0 Å². The Kier molecular flexibility index (Phi) is 4.49. The van der Waals surface area contributed by atoms with Crippen molar-refractivity contribution in [2.24, 2.45) is 11.8 Å². The molecule has 0 spiro atoms. The predicted molar refractivity (Wildman–Crippen MR) is 66.0 cm³/mol. The Hall–Kier alpha value is -0.0400. The van der Waals surface area contributed by atoms with E-state index in [1.807, 2.05) is 0 Å². The third-order valence-corrected chi connectivity index (χ3v) is 4.60. The molecule has 0 aromatic heterocycles. The lowest BCUT2D eigenvalue weighted by atomic mass is 9.99. The highest BCUT2D eigenvalue weighted by molar-refractivity contribution is 4.78. The Morgan fingerprint density at radius 1 is 1.00 bits per heavy atom. The van der Waals surface area contributed by atoms with Crippen molar-refractivity contribution < 1.29 is 0 Å². The molecule has 1 heteroatoms. The van der Waals surface area contributed by atoms with Gasteiger partial charge in [0.15, 0.2) is 0 Å². The molecule has 88 valence electrons. The smallest absolute Gasteiger partial charge is 0.00669 e. The third-order valence-electron chi connectivity index (χ3n) is 4.60. The van der Waals surface area contributed by atoms with E-state index in [0.29, 0.717) is 0 Å². The molecule has 0 aliphatic heterocycles. The predicted octanol–water partition coefficient (Wildman–Crippen LogP) is 3.74. The van der Waals surface area contributed by atoms with E-state index in [2.05, 4.69) is 12.2 Å². The van der Waals surface area contributed by atoms with Gasteiger partial charge in [-0.3, -0.25) is 0 Å². The van der Waals surface area contributed by atoms with Crippen molar-refractivity contribution in [1.82, 2.24) is 5.32 Å². The van der Waals surface area contributed by atoms with Crippen LogP contribution in [0.25, 0.3) is 0 Å². The number of nitrogens with one attached hydrogen (secondary N) is 1. The topological polar surface area (TPSA) is 12.0 Å². The summed E-state index contributed by atoms with van der Waals surface area (Å²) in [5.41, 5.74) is 0. The van der Waals surface area contributed by atoms with Gasteiger partial charge in [-0.2, -0.15) is 0 Å². The fraction of sp³-hybridized carbons (Fsp3) is 1.00. The van der Waals surface area contributed by atoms with Crippen LogP contribution in [-0.4, -0.2) is 12.6 Å². The highest BCUT2D eigenvalue weighted by Gasteiger charge is 2.21. The van der Waals surface area contributed by atoms with Crippen LogP contribution in [0.15, 0.2) is 0 Å². The molecule has 0 aromatic carbocycles. The van der Waals surface area contributed by atoms with E-state index >= 15 is 0 Å². The van der Waals surface area contributed by atoms with E-state index < -0.39 is 0 Å². The van der Waals surface area contributed by atoms with Crippen LogP contribution in [-0.2, 0) is 0 Å². The van der Waals surface area contributed by atoms with E-state index in [0.717, 1.165) is 17.9 Å². The molecule has 1 nitrogen and oxygen atoms in total. The molecule has 0 radical (unpaired) electrons. The van der Waals surface area contributed by atoms with Crippen molar-refractivity contribution in [3.8, 4) is 0 Å². The number of rotatable bonds is 5. The first-order chi connectivity index (χ1) is 7.36. The molecule has 1 atom stereocenters. The summed E-state index contributed by atoms with van der Waals surface area (Å²) in [5.74, 6) is 2.03. The minimum atomic E-state index is 0.772. The lowest BCUT2D eigenvalue weighted by Gasteiger charge is -2.21. The normalized spacial score (nSPS) is 26.2. The van der Waals surface area contributed by atoms with Crippen molar-refractivity contribution in [2.45, 2.75) is 70.8 Å². The first kappa shape index (κ1) is 11.4. The Bertz CT molecular complexity index is 166. The first-order valence-corrected chi connectivity index (χ1v) is 7.09. The molecule has 2 rings (SSSR count). The zero-order chi connectivity index (χ0) is 10.5. The SMILES string of the molecule is CC(NCCC1CCCC1)C1CCCC1. The van der Waals surface area contributed by atoms with Gasteiger partial charge in [0.25, 0.3) is 0 Å². The number of hydrogen-bond donors (Lipinski definition) is 1.